The van der Waals surface area contributed by atoms with Crippen molar-refractivity contribution in [2.75, 3.05) is 11.6 Å². The molecule has 6 nitrogen and oxygen atoms in total. The number of aromatic nitrogens is 2. The van der Waals surface area contributed by atoms with Gasteiger partial charge in [-0.2, -0.15) is 10.2 Å². The van der Waals surface area contributed by atoms with Crippen molar-refractivity contribution in [3.63, 3.8) is 0 Å². The molecule has 0 bridgehead atoms. The van der Waals surface area contributed by atoms with E-state index in [2.05, 4.69) is 29.2 Å². The van der Waals surface area contributed by atoms with E-state index < -0.39 is 0 Å². The van der Waals surface area contributed by atoms with Gasteiger partial charge in [0.1, 0.15) is 6.07 Å². The van der Waals surface area contributed by atoms with Gasteiger partial charge in [-0.1, -0.05) is 44.2 Å². The largest absolute Gasteiger partial charge is 0.273 e. The third-order valence-corrected chi connectivity index (χ3v) is 3.31. The third kappa shape index (κ3) is 5.36. The van der Waals surface area contributed by atoms with Gasteiger partial charge in [0.05, 0.1) is 0 Å². The predicted molar refractivity (Wildman–Crippen MR) is 91.8 cm³/mol. The molecule has 0 atom stereocenters. The molecule has 0 aliphatic rings. The summed E-state index contributed by atoms with van der Waals surface area (Å²) in [6.07, 6.45) is 2.58. The molecular formula is C18H21N5O. The number of carbonyl (C=O) groups is 1. The maximum Gasteiger partial charge on any atom is 0.238 e. The lowest BCUT2D eigenvalue weighted by atomic mass is 10.1. The highest BCUT2D eigenvalue weighted by Crippen LogP contribution is 2.11. The van der Waals surface area contributed by atoms with Crippen LogP contribution >= 0.6 is 0 Å². The summed E-state index contributed by atoms with van der Waals surface area (Å²) in [6.45, 7) is 4.70. The standard InChI is InChI=1S/C18H21N5O/c1-14(2)13-23(17-10-11-20-16(12-19)21-17)22-18(24)9-8-15-6-4-3-5-7-15/h3-7,10-11,14H,8-9,13H2,1-2H3,(H,22,24). The first kappa shape index (κ1) is 17.4. The number of hydrazine groups is 1. The van der Waals surface area contributed by atoms with Crippen LogP contribution in [0.15, 0.2) is 42.6 Å². The Hall–Kier alpha value is -2.94. The van der Waals surface area contributed by atoms with Gasteiger partial charge >= 0.3 is 0 Å². The van der Waals surface area contributed by atoms with E-state index in [4.69, 9.17) is 5.26 Å². The quantitative estimate of drug-likeness (QED) is 0.792. The van der Waals surface area contributed by atoms with Crippen molar-refractivity contribution in [3.05, 3.63) is 54.0 Å². The maximum atomic E-state index is 12.3. The van der Waals surface area contributed by atoms with E-state index >= 15 is 0 Å². The molecule has 0 unspecified atom stereocenters. The summed E-state index contributed by atoms with van der Waals surface area (Å²) in [5.41, 5.74) is 4.00. The Morgan fingerprint density at radius 1 is 1.29 bits per heavy atom. The van der Waals surface area contributed by atoms with Crippen molar-refractivity contribution in [2.45, 2.75) is 26.7 Å². The molecule has 0 saturated heterocycles. The second-order valence-corrected chi connectivity index (χ2v) is 5.88. The second kappa shape index (κ2) is 8.63. The van der Waals surface area contributed by atoms with Crippen molar-refractivity contribution in [1.29, 1.82) is 5.26 Å². The molecule has 1 N–H and O–H groups in total. The molecule has 0 fully saturated rings. The molecule has 1 heterocycles. The fourth-order valence-electron chi connectivity index (χ4n) is 2.22. The van der Waals surface area contributed by atoms with Crippen LogP contribution in [0.5, 0.6) is 0 Å². The average molecular weight is 323 g/mol. The van der Waals surface area contributed by atoms with Gasteiger partial charge in [0, 0.05) is 25.2 Å². The molecule has 1 amide bonds. The van der Waals surface area contributed by atoms with Crippen LogP contribution in [0.2, 0.25) is 0 Å². The van der Waals surface area contributed by atoms with Gasteiger partial charge in [-0.15, -0.1) is 0 Å². The van der Waals surface area contributed by atoms with Crippen LogP contribution in [0.3, 0.4) is 0 Å². The number of benzene rings is 1. The lowest BCUT2D eigenvalue weighted by Crippen LogP contribution is -2.45. The van der Waals surface area contributed by atoms with Gasteiger partial charge in [0.25, 0.3) is 0 Å². The molecule has 1 aromatic heterocycles. The zero-order valence-electron chi connectivity index (χ0n) is 13.9. The molecule has 0 saturated carbocycles. The van der Waals surface area contributed by atoms with Gasteiger partial charge < -0.3 is 0 Å². The molecule has 6 heteroatoms. The minimum absolute atomic E-state index is 0.0831. The number of anilines is 1. The zero-order valence-corrected chi connectivity index (χ0v) is 13.9. The first-order chi connectivity index (χ1) is 11.6. The number of nitrogens with one attached hydrogen (secondary N) is 1. The van der Waals surface area contributed by atoms with E-state index in [0.717, 1.165) is 5.56 Å². The Bertz CT molecular complexity index is 709. The Morgan fingerprint density at radius 3 is 2.71 bits per heavy atom. The minimum atomic E-state index is -0.0865. The van der Waals surface area contributed by atoms with Crippen molar-refractivity contribution < 1.29 is 4.79 Å². The van der Waals surface area contributed by atoms with Crippen molar-refractivity contribution >= 4 is 11.7 Å². The highest BCUT2D eigenvalue weighted by atomic mass is 16.2. The van der Waals surface area contributed by atoms with E-state index in [1.165, 1.54) is 6.20 Å². The molecular weight excluding hydrogens is 302 g/mol. The van der Waals surface area contributed by atoms with E-state index in [-0.39, 0.29) is 11.7 Å². The summed E-state index contributed by atoms with van der Waals surface area (Å²) in [6, 6.07) is 13.5. The molecule has 24 heavy (non-hydrogen) atoms. The summed E-state index contributed by atoms with van der Waals surface area (Å²) >= 11 is 0. The monoisotopic (exact) mass is 323 g/mol. The van der Waals surface area contributed by atoms with Crippen molar-refractivity contribution in [2.24, 2.45) is 5.92 Å². The molecule has 124 valence electrons. The summed E-state index contributed by atoms with van der Waals surface area (Å²) in [5.74, 6) is 0.833. The Morgan fingerprint density at radius 2 is 2.04 bits per heavy atom. The lowest BCUT2D eigenvalue weighted by molar-refractivity contribution is -0.121. The van der Waals surface area contributed by atoms with E-state index in [1.807, 2.05) is 36.4 Å². The smallest absolute Gasteiger partial charge is 0.238 e. The Labute approximate surface area is 142 Å². The van der Waals surface area contributed by atoms with Crippen LogP contribution in [-0.4, -0.2) is 22.4 Å². The molecule has 1 aromatic carbocycles. The predicted octanol–water partition coefficient (Wildman–Crippen LogP) is 2.47. The van der Waals surface area contributed by atoms with Crippen LogP contribution < -0.4 is 10.4 Å². The maximum absolute atomic E-state index is 12.3. The first-order valence-corrected chi connectivity index (χ1v) is 7.92. The number of aryl methyl sites for hydroxylation is 1. The number of hydrogen-bond acceptors (Lipinski definition) is 5. The highest BCUT2D eigenvalue weighted by Gasteiger charge is 2.14. The number of nitriles is 1. The SMILES string of the molecule is CC(C)CN(NC(=O)CCc1ccccc1)c1ccnc(C#N)n1. The molecule has 2 rings (SSSR count). The van der Waals surface area contributed by atoms with Gasteiger partial charge in [0.2, 0.25) is 11.7 Å². The van der Waals surface area contributed by atoms with Crippen LogP contribution in [0, 0.1) is 17.2 Å². The highest BCUT2D eigenvalue weighted by molar-refractivity contribution is 5.77. The molecule has 2 aromatic rings. The first-order valence-electron chi connectivity index (χ1n) is 7.92. The van der Waals surface area contributed by atoms with E-state index in [0.29, 0.717) is 31.1 Å². The number of hydrogen-bond donors (Lipinski definition) is 1. The fraction of sp³-hybridized carbons (Fsp3) is 0.333. The average Bonchev–Trinajstić information content (AvgIpc) is 2.60. The van der Waals surface area contributed by atoms with E-state index in [1.54, 1.807) is 11.1 Å². The van der Waals surface area contributed by atoms with E-state index in [9.17, 15) is 4.79 Å². The van der Waals surface area contributed by atoms with Gasteiger partial charge in [-0.25, -0.2) is 4.98 Å². The summed E-state index contributed by atoms with van der Waals surface area (Å²) < 4.78 is 0. The number of rotatable bonds is 7. The number of carbonyl (C=O) groups excluding carboxylic acids is 1. The summed E-state index contributed by atoms with van der Waals surface area (Å²) in [4.78, 5) is 20.3. The van der Waals surface area contributed by atoms with Crippen molar-refractivity contribution in [3.8, 4) is 6.07 Å². The topological polar surface area (TPSA) is 81.9 Å². The van der Waals surface area contributed by atoms with Gasteiger partial charge in [-0.3, -0.25) is 15.2 Å². The van der Waals surface area contributed by atoms with Gasteiger partial charge in [0.15, 0.2) is 5.82 Å². The number of nitrogens with zero attached hydrogens (tertiary/aromatic N) is 4. The summed E-state index contributed by atoms with van der Waals surface area (Å²) in [7, 11) is 0. The normalized spacial score (nSPS) is 10.2. The molecule has 0 spiro atoms. The summed E-state index contributed by atoms with van der Waals surface area (Å²) in [5, 5.41) is 10.6. The minimum Gasteiger partial charge on any atom is -0.273 e. The van der Waals surface area contributed by atoms with Crippen LogP contribution in [0.25, 0.3) is 0 Å². The number of amides is 1. The fourth-order valence-corrected chi connectivity index (χ4v) is 2.22. The zero-order chi connectivity index (χ0) is 17.4. The third-order valence-electron chi connectivity index (χ3n) is 3.31. The Balaban J connectivity index is 2.02. The van der Waals surface area contributed by atoms with Crippen LogP contribution in [-0.2, 0) is 11.2 Å². The molecule has 0 aliphatic heterocycles. The molecule has 0 aliphatic carbocycles. The Kier molecular flexibility index (Phi) is 6.26. The lowest BCUT2D eigenvalue weighted by Gasteiger charge is -2.26. The van der Waals surface area contributed by atoms with Crippen LogP contribution in [0.4, 0.5) is 5.82 Å². The second-order valence-electron chi connectivity index (χ2n) is 5.88. The van der Waals surface area contributed by atoms with Crippen molar-refractivity contribution in [1.82, 2.24) is 15.4 Å². The van der Waals surface area contributed by atoms with Crippen LogP contribution in [0.1, 0.15) is 31.7 Å². The van der Waals surface area contributed by atoms with Gasteiger partial charge in [-0.05, 0) is 17.9 Å². The molecule has 0 radical (unpaired) electrons.